The molecule has 0 fully saturated rings. The topological polar surface area (TPSA) is 76.2 Å². The smallest absolute Gasteiger partial charge is 0.224 e. The Balaban J connectivity index is 2.71. The second-order valence-electron chi connectivity index (χ2n) is 7.46. The van der Waals surface area contributed by atoms with Crippen LogP contribution in [0.25, 0.3) is 0 Å². The van der Waals surface area contributed by atoms with Gasteiger partial charge in [0, 0.05) is 24.8 Å². The Morgan fingerprint density at radius 3 is 1.54 bits per heavy atom. The SMILES string of the molecule is CCSC(=O)[C@H]([C@H](C(=O)SCC)N(C(C)=O)c1ccc(OC)cc1)N(CC)c1ccc(OC)cc1. The van der Waals surface area contributed by atoms with Gasteiger partial charge in [0.1, 0.15) is 23.6 Å². The maximum absolute atomic E-state index is 13.6. The molecule has 7 nitrogen and oxygen atoms in total. The number of ether oxygens (including phenoxy) is 2. The number of amides is 1. The Bertz CT molecular complexity index is 982. The number of carbonyl (C=O) groups is 3. The quantitative estimate of drug-likeness (QED) is 0.394. The van der Waals surface area contributed by atoms with Crippen LogP contribution in [0.2, 0.25) is 0 Å². The molecule has 9 heteroatoms. The highest BCUT2D eigenvalue weighted by molar-refractivity contribution is 8.14. The lowest BCUT2D eigenvalue weighted by molar-refractivity contribution is -0.122. The van der Waals surface area contributed by atoms with Gasteiger partial charge in [-0.2, -0.15) is 0 Å². The number of benzene rings is 2. The molecular formula is C26H34N2O5S2. The number of carbonyl (C=O) groups excluding carboxylic acids is 3. The van der Waals surface area contributed by atoms with E-state index in [4.69, 9.17) is 9.47 Å². The highest BCUT2D eigenvalue weighted by atomic mass is 32.2. The zero-order valence-electron chi connectivity index (χ0n) is 21.1. The predicted octanol–water partition coefficient (Wildman–Crippen LogP) is 4.88. The number of hydrogen-bond acceptors (Lipinski definition) is 8. The van der Waals surface area contributed by atoms with E-state index in [1.54, 1.807) is 38.5 Å². The summed E-state index contributed by atoms with van der Waals surface area (Å²) in [5.41, 5.74) is 1.29. The molecule has 35 heavy (non-hydrogen) atoms. The van der Waals surface area contributed by atoms with E-state index in [9.17, 15) is 14.4 Å². The molecule has 0 saturated carbocycles. The average molecular weight is 519 g/mol. The van der Waals surface area contributed by atoms with E-state index in [0.717, 1.165) is 29.2 Å². The van der Waals surface area contributed by atoms with Crippen molar-refractivity contribution in [1.82, 2.24) is 0 Å². The van der Waals surface area contributed by atoms with E-state index in [1.165, 1.54) is 11.8 Å². The molecule has 0 aliphatic rings. The van der Waals surface area contributed by atoms with Crippen molar-refractivity contribution in [3.8, 4) is 11.5 Å². The maximum Gasteiger partial charge on any atom is 0.224 e. The normalized spacial score (nSPS) is 12.4. The summed E-state index contributed by atoms with van der Waals surface area (Å²) in [5, 5.41) is -0.402. The van der Waals surface area contributed by atoms with Gasteiger partial charge in [-0.05, 0) is 67.0 Å². The lowest BCUT2D eigenvalue weighted by atomic mass is 10.0. The molecule has 0 heterocycles. The van der Waals surface area contributed by atoms with E-state index in [1.807, 2.05) is 49.9 Å². The second-order valence-corrected chi connectivity index (χ2v) is 10.0. The van der Waals surface area contributed by atoms with Gasteiger partial charge in [-0.15, -0.1) is 0 Å². The Hall–Kier alpha value is -2.65. The summed E-state index contributed by atoms with van der Waals surface area (Å²) < 4.78 is 10.5. The van der Waals surface area contributed by atoms with Gasteiger partial charge in [-0.1, -0.05) is 37.4 Å². The monoisotopic (exact) mass is 518 g/mol. The highest BCUT2D eigenvalue weighted by Gasteiger charge is 2.43. The minimum atomic E-state index is -1.03. The summed E-state index contributed by atoms with van der Waals surface area (Å²) in [5.74, 6) is 2.08. The first-order valence-electron chi connectivity index (χ1n) is 11.5. The highest BCUT2D eigenvalue weighted by Crippen LogP contribution is 2.32. The standard InChI is InChI=1S/C26H34N2O5S2/c1-7-27(19-10-14-21(32-5)15-11-19)23(25(30)34-8-2)24(26(31)35-9-3)28(18(4)29)20-12-16-22(33-6)17-13-20/h10-17,23-24H,7-9H2,1-6H3/t23-,24+/m0/s1. The largest absolute Gasteiger partial charge is 0.497 e. The van der Waals surface area contributed by atoms with Crippen LogP contribution in [0.5, 0.6) is 11.5 Å². The van der Waals surface area contributed by atoms with E-state index >= 15 is 0 Å². The van der Waals surface area contributed by atoms with Crippen molar-refractivity contribution in [1.29, 1.82) is 0 Å². The van der Waals surface area contributed by atoms with E-state index in [0.29, 0.717) is 35.2 Å². The lowest BCUT2D eigenvalue weighted by Crippen LogP contribution is -2.60. The first-order chi connectivity index (χ1) is 16.8. The fourth-order valence-electron chi connectivity index (χ4n) is 3.85. The number of methoxy groups -OCH3 is 2. The number of nitrogens with zero attached hydrogens (tertiary/aromatic N) is 2. The van der Waals surface area contributed by atoms with Crippen molar-refractivity contribution < 1.29 is 23.9 Å². The third kappa shape index (κ3) is 7.18. The van der Waals surface area contributed by atoms with Crippen molar-refractivity contribution in [3.05, 3.63) is 48.5 Å². The predicted molar refractivity (Wildman–Crippen MR) is 146 cm³/mol. The molecule has 0 aliphatic heterocycles. The van der Waals surface area contributed by atoms with Crippen molar-refractivity contribution >= 4 is 51.0 Å². The van der Waals surface area contributed by atoms with Gasteiger partial charge >= 0.3 is 0 Å². The van der Waals surface area contributed by atoms with Gasteiger partial charge in [0.05, 0.1) is 14.2 Å². The molecule has 0 N–H and O–H groups in total. The fraction of sp³-hybridized carbons (Fsp3) is 0.423. The number of hydrogen-bond donors (Lipinski definition) is 0. The molecular weight excluding hydrogens is 484 g/mol. The Labute approximate surface area is 216 Å². The molecule has 2 aromatic rings. The van der Waals surface area contributed by atoms with Crippen LogP contribution in [0.4, 0.5) is 11.4 Å². The van der Waals surface area contributed by atoms with Crippen molar-refractivity contribution in [3.63, 3.8) is 0 Å². The zero-order valence-corrected chi connectivity index (χ0v) is 22.8. The summed E-state index contributed by atoms with van der Waals surface area (Å²) in [7, 11) is 3.15. The molecule has 0 saturated heterocycles. The summed E-state index contributed by atoms with van der Waals surface area (Å²) >= 11 is 2.27. The van der Waals surface area contributed by atoms with Crippen LogP contribution in [-0.2, 0) is 14.4 Å². The van der Waals surface area contributed by atoms with Gasteiger partial charge in [0.25, 0.3) is 0 Å². The number of likely N-dealkylation sites (N-methyl/N-ethyl adjacent to an activating group) is 1. The molecule has 2 atom stereocenters. The van der Waals surface area contributed by atoms with Crippen molar-refractivity contribution in [2.75, 3.05) is 42.1 Å². The summed E-state index contributed by atoms with van der Waals surface area (Å²) in [6.45, 7) is 7.58. The zero-order chi connectivity index (χ0) is 26.0. The maximum atomic E-state index is 13.6. The molecule has 0 bridgehead atoms. The molecule has 2 rings (SSSR count). The van der Waals surface area contributed by atoms with E-state index < -0.39 is 12.1 Å². The van der Waals surface area contributed by atoms with Crippen molar-refractivity contribution in [2.24, 2.45) is 0 Å². The summed E-state index contributed by atoms with van der Waals surface area (Å²) in [4.78, 5) is 43.6. The molecule has 0 spiro atoms. The third-order valence-electron chi connectivity index (χ3n) is 5.40. The molecule has 190 valence electrons. The number of thioether (sulfide) groups is 2. The molecule has 2 aromatic carbocycles. The fourth-order valence-corrected chi connectivity index (χ4v) is 5.25. The Kier molecular flexibility index (Phi) is 11.5. The Morgan fingerprint density at radius 1 is 0.743 bits per heavy atom. The van der Waals surface area contributed by atoms with Crippen LogP contribution in [0.1, 0.15) is 27.7 Å². The van der Waals surface area contributed by atoms with Gasteiger partial charge in [0.2, 0.25) is 16.1 Å². The summed E-state index contributed by atoms with van der Waals surface area (Å²) in [6, 6.07) is 12.4. The first kappa shape index (κ1) is 28.6. The molecule has 0 unspecified atom stereocenters. The van der Waals surface area contributed by atoms with Gasteiger partial charge in [-0.25, -0.2) is 0 Å². The second kappa shape index (κ2) is 14.0. The van der Waals surface area contributed by atoms with Gasteiger partial charge in [0.15, 0.2) is 0 Å². The minimum absolute atomic E-state index is 0.167. The summed E-state index contributed by atoms with van der Waals surface area (Å²) in [6.07, 6.45) is 0. The van der Waals surface area contributed by atoms with Crippen LogP contribution < -0.4 is 19.3 Å². The van der Waals surface area contributed by atoms with E-state index in [-0.39, 0.29) is 16.1 Å². The van der Waals surface area contributed by atoms with Crippen LogP contribution in [0, 0.1) is 0 Å². The van der Waals surface area contributed by atoms with Gasteiger partial charge < -0.3 is 14.4 Å². The van der Waals surface area contributed by atoms with Crippen LogP contribution >= 0.6 is 23.5 Å². The molecule has 1 amide bonds. The van der Waals surface area contributed by atoms with E-state index in [2.05, 4.69) is 0 Å². The van der Waals surface area contributed by atoms with Crippen LogP contribution in [0.3, 0.4) is 0 Å². The number of rotatable bonds is 12. The van der Waals surface area contributed by atoms with Crippen LogP contribution in [-0.4, -0.2) is 60.5 Å². The van der Waals surface area contributed by atoms with Gasteiger partial charge in [-0.3, -0.25) is 19.3 Å². The Morgan fingerprint density at radius 2 is 1.17 bits per heavy atom. The van der Waals surface area contributed by atoms with Crippen LogP contribution in [0.15, 0.2) is 48.5 Å². The average Bonchev–Trinajstić information content (AvgIpc) is 2.86. The molecule has 0 aliphatic carbocycles. The first-order valence-corrected chi connectivity index (χ1v) is 13.5. The van der Waals surface area contributed by atoms with Crippen molar-refractivity contribution in [2.45, 2.75) is 39.8 Å². The molecule has 0 radical (unpaired) electrons. The molecule has 0 aromatic heterocycles. The number of anilines is 2. The minimum Gasteiger partial charge on any atom is -0.497 e. The third-order valence-corrected chi connectivity index (χ3v) is 7.03. The lowest BCUT2D eigenvalue weighted by Gasteiger charge is -2.40.